The summed E-state index contributed by atoms with van der Waals surface area (Å²) in [6.45, 7) is 1.62. The Labute approximate surface area is 339 Å². The first-order chi connectivity index (χ1) is 28.9. The zero-order chi connectivity index (χ0) is 39.5. The number of benzene rings is 8. The van der Waals surface area contributed by atoms with E-state index in [1.807, 2.05) is 133 Å². The minimum atomic E-state index is -1.83. The van der Waals surface area contributed by atoms with Crippen LogP contribution < -0.4 is 0 Å². The Morgan fingerprint density at radius 1 is 0.305 bits per heavy atom. The lowest BCUT2D eigenvalue weighted by molar-refractivity contribution is 0.259. The molecular weight excluding hydrogens is 728 g/mol. The van der Waals surface area contributed by atoms with Gasteiger partial charge in [-0.25, -0.2) is 34.3 Å². The van der Waals surface area contributed by atoms with Crippen molar-refractivity contribution in [3.63, 3.8) is 0 Å². The Hall–Kier alpha value is -7.77. The number of hydrogen-bond donors (Lipinski definition) is 0. The Balaban J connectivity index is 1.00. The highest BCUT2D eigenvalue weighted by molar-refractivity contribution is 5.89. The van der Waals surface area contributed by atoms with Gasteiger partial charge in [-0.15, -0.1) is 0 Å². The van der Waals surface area contributed by atoms with Crippen molar-refractivity contribution in [2.75, 3.05) is 0 Å². The van der Waals surface area contributed by atoms with Crippen LogP contribution in [0.25, 0.3) is 101 Å². The third kappa shape index (κ3) is 6.11. The molecule has 0 spiro atoms. The van der Waals surface area contributed by atoms with Crippen LogP contribution >= 0.6 is 0 Å². The molecule has 278 valence electrons. The summed E-state index contributed by atoms with van der Waals surface area (Å²) in [4.78, 5) is 29.8. The molecule has 0 unspecified atom stereocenters. The van der Waals surface area contributed by atoms with Crippen LogP contribution in [0.1, 0.15) is 18.1 Å². The van der Waals surface area contributed by atoms with E-state index in [2.05, 4.69) is 48.5 Å². The van der Waals surface area contributed by atoms with Gasteiger partial charge in [0.05, 0.1) is 0 Å². The molecule has 0 saturated carbocycles. The lowest BCUT2D eigenvalue weighted by atomic mass is 9.93. The second-order valence-electron chi connectivity index (χ2n) is 15.0. The largest absolute Gasteiger partial charge is 0.234 e. The van der Waals surface area contributed by atoms with Gasteiger partial charge in [0.25, 0.3) is 0 Å². The van der Waals surface area contributed by atoms with Gasteiger partial charge >= 0.3 is 0 Å². The monoisotopic (exact) mass is 760 g/mol. The maximum Gasteiger partial charge on any atom is 0.164 e. The summed E-state index contributed by atoms with van der Waals surface area (Å²) in [7, 11) is 0. The average molecular weight is 761 g/mol. The lowest BCUT2D eigenvalue weighted by Crippen LogP contribution is -2.13. The van der Waals surface area contributed by atoms with Crippen LogP contribution in [0.15, 0.2) is 182 Å². The highest BCUT2D eigenvalue weighted by atomic mass is 19.1. The van der Waals surface area contributed by atoms with E-state index in [9.17, 15) is 0 Å². The minimum Gasteiger partial charge on any atom is -0.234 e. The van der Waals surface area contributed by atoms with Crippen molar-refractivity contribution in [2.45, 2.75) is 12.6 Å². The van der Waals surface area contributed by atoms with Crippen molar-refractivity contribution in [3.05, 3.63) is 193 Å². The molecule has 0 bridgehead atoms. The van der Waals surface area contributed by atoms with Gasteiger partial charge in [0.1, 0.15) is 0 Å². The first-order valence-corrected chi connectivity index (χ1v) is 19.6. The van der Waals surface area contributed by atoms with Gasteiger partial charge in [0, 0.05) is 44.5 Å². The number of halogens is 1. The molecule has 0 radical (unpaired) electrons. The molecular formula is C52H33FN6. The summed E-state index contributed by atoms with van der Waals surface area (Å²) in [5, 5.41) is 4.45. The van der Waals surface area contributed by atoms with E-state index in [1.54, 1.807) is 6.92 Å². The van der Waals surface area contributed by atoms with Crippen molar-refractivity contribution in [1.29, 1.82) is 0 Å². The summed E-state index contributed by atoms with van der Waals surface area (Å²) in [6, 6.07) is 60.3. The maximum atomic E-state index is 17.6. The van der Waals surface area contributed by atoms with Gasteiger partial charge in [0.2, 0.25) is 0 Å². The molecule has 10 aromatic rings. The van der Waals surface area contributed by atoms with Gasteiger partial charge in [-0.05, 0) is 63.9 Å². The lowest BCUT2D eigenvalue weighted by Gasteiger charge is -2.18. The van der Waals surface area contributed by atoms with Crippen LogP contribution in [-0.4, -0.2) is 29.9 Å². The molecule has 11 rings (SSSR count). The Kier molecular flexibility index (Phi) is 8.01. The number of rotatable bonds is 6. The number of fused-ring (bicyclic) bond motifs is 5. The molecule has 0 aliphatic heterocycles. The predicted molar refractivity (Wildman–Crippen MR) is 234 cm³/mol. The van der Waals surface area contributed by atoms with Crippen LogP contribution in [0.5, 0.6) is 0 Å². The average Bonchev–Trinajstić information content (AvgIpc) is 3.53. The molecule has 0 fully saturated rings. The van der Waals surface area contributed by atoms with E-state index in [1.165, 1.54) is 0 Å². The smallest absolute Gasteiger partial charge is 0.164 e. The Morgan fingerprint density at radius 2 is 0.610 bits per heavy atom. The van der Waals surface area contributed by atoms with E-state index >= 15 is 4.39 Å². The minimum absolute atomic E-state index is 0.470. The van der Waals surface area contributed by atoms with Crippen molar-refractivity contribution in [1.82, 2.24) is 29.9 Å². The van der Waals surface area contributed by atoms with Gasteiger partial charge in [-0.1, -0.05) is 158 Å². The van der Waals surface area contributed by atoms with E-state index in [-0.39, 0.29) is 0 Å². The second kappa shape index (κ2) is 13.7. The number of alkyl halides is 1. The number of hydrogen-bond acceptors (Lipinski definition) is 6. The molecule has 0 atom stereocenters. The molecule has 1 aliphatic carbocycles. The van der Waals surface area contributed by atoms with Crippen LogP contribution in [0.4, 0.5) is 4.39 Å². The van der Waals surface area contributed by atoms with Crippen molar-refractivity contribution < 1.29 is 4.39 Å². The fraction of sp³-hybridized carbons (Fsp3) is 0.0385. The van der Waals surface area contributed by atoms with Crippen LogP contribution in [0.2, 0.25) is 0 Å². The quantitative estimate of drug-likeness (QED) is 0.168. The first-order valence-electron chi connectivity index (χ1n) is 19.6. The van der Waals surface area contributed by atoms with Crippen molar-refractivity contribution in [3.8, 4) is 79.5 Å². The molecule has 59 heavy (non-hydrogen) atoms. The predicted octanol–water partition coefficient (Wildman–Crippen LogP) is 12.6. The SMILES string of the molecule is CC1(F)c2cc(-c3nc(-c4ccccc4)nc(-c4ccc5ccccc5c4)n3)ccc2-c2ccc(-c3nc(-c4ccccc4)nc(-c4ccc5ccccc5c4)n3)cc21. The van der Waals surface area contributed by atoms with Crippen molar-refractivity contribution >= 4 is 21.5 Å². The number of nitrogens with zero attached hydrogens (tertiary/aromatic N) is 6. The molecule has 0 amide bonds. The highest BCUT2D eigenvalue weighted by Gasteiger charge is 2.40. The zero-order valence-electron chi connectivity index (χ0n) is 31.9. The summed E-state index contributed by atoms with van der Waals surface area (Å²) < 4.78 is 17.6. The summed E-state index contributed by atoms with van der Waals surface area (Å²) in [5.41, 5.74) is 5.80. The molecule has 2 heterocycles. The molecule has 1 aliphatic rings. The van der Waals surface area contributed by atoms with E-state index < -0.39 is 5.67 Å². The topological polar surface area (TPSA) is 77.3 Å². The highest BCUT2D eigenvalue weighted by Crippen LogP contribution is 2.51. The van der Waals surface area contributed by atoms with E-state index in [0.29, 0.717) is 57.2 Å². The molecule has 6 nitrogen and oxygen atoms in total. The van der Waals surface area contributed by atoms with Crippen molar-refractivity contribution in [2.24, 2.45) is 0 Å². The van der Waals surface area contributed by atoms with Crippen LogP contribution in [0, 0.1) is 0 Å². The summed E-state index contributed by atoms with van der Waals surface area (Å²) in [5.74, 6) is 3.13. The van der Waals surface area contributed by atoms with Gasteiger partial charge in [-0.2, -0.15) is 0 Å². The van der Waals surface area contributed by atoms with Crippen LogP contribution in [-0.2, 0) is 5.67 Å². The number of aromatic nitrogens is 6. The van der Waals surface area contributed by atoms with Gasteiger partial charge < -0.3 is 0 Å². The fourth-order valence-corrected chi connectivity index (χ4v) is 8.12. The summed E-state index contributed by atoms with van der Waals surface area (Å²) in [6.07, 6.45) is 0. The third-order valence-corrected chi connectivity index (χ3v) is 11.2. The molecule has 0 N–H and O–H groups in total. The zero-order valence-corrected chi connectivity index (χ0v) is 31.9. The Bertz CT molecular complexity index is 3040. The molecule has 0 saturated heterocycles. The standard InChI is InChI=1S/C52H33FN6/c1-52(53)44-30-40(50-56-46(34-14-4-2-5-15-34)54-48(58-50)38-22-20-32-12-8-10-18-36(32)28-38)24-26-42(44)43-27-25-41(31-45(43)52)51-57-47(35-16-6-3-7-17-35)55-49(59-51)39-23-21-33-13-9-11-19-37(33)29-39/h2-31H,1H3. The van der Waals surface area contributed by atoms with Gasteiger partial charge in [0.15, 0.2) is 40.6 Å². The fourth-order valence-electron chi connectivity index (χ4n) is 8.12. The van der Waals surface area contributed by atoms with E-state index in [0.717, 1.165) is 54.9 Å². The second-order valence-corrected chi connectivity index (χ2v) is 15.0. The summed E-state index contributed by atoms with van der Waals surface area (Å²) >= 11 is 0. The maximum absolute atomic E-state index is 17.6. The normalized spacial score (nSPS) is 12.7. The third-order valence-electron chi connectivity index (χ3n) is 11.2. The van der Waals surface area contributed by atoms with E-state index in [4.69, 9.17) is 29.9 Å². The van der Waals surface area contributed by atoms with Gasteiger partial charge in [-0.3, -0.25) is 0 Å². The molecule has 7 heteroatoms. The van der Waals surface area contributed by atoms with Crippen LogP contribution in [0.3, 0.4) is 0 Å². The first kappa shape index (κ1) is 34.5. The molecule has 8 aromatic carbocycles. The Morgan fingerprint density at radius 3 is 1.00 bits per heavy atom. The molecule has 2 aromatic heterocycles.